The van der Waals surface area contributed by atoms with Crippen LogP contribution < -0.4 is 14.5 Å². The van der Waals surface area contributed by atoms with E-state index in [0.29, 0.717) is 44.8 Å². The summed E-state index contributed by atoms with van der Waals surface area (Å²) in [6.45, 7) is 10.8. The van der Waals surface area contributed by atoms with Gasteiger partial charge < -0.3 is 29.4 Å². The standard InChI is InChI=1S/C31H38N6O3/c1-4-29(39)36-14-15-37(21(2)18-36)30-26-11-13-35(28-17-24(38)16-22-8-5-6-10-25(22)28)19-27(26)32-31(33-30)40-20-23-9-7-12-34(23)3/h4-6,8,10,16-17,21,23,38H,1,7,9,11-15,18-20H2,2-3H3. The van der Waals surface area contributed by atoms with E-state index in [2.05, 4.69) is 41.3 Å². The summed E-state index contributed by atoms with van der Waals surface area (Å²) < 4.78 is 6.27. The van der Waals surface area contributed by atoms with Crippen LogP contribution in [-0.2, 0) is 17.8 Å². The van der Waals surface area contributed by atoms with Gasteiger partial charge >= 0.3 is 6.01 Å². The van der Waals surface area contributed by atoms with Crippen molar-refractivity contribution in [3.63, 3.8) is 0 Å². The maximum atomic E-state index is 12.3. The molecule has 1 aromatic heterocycles. The number of carbonyl (C=O) groups is 1. The number of phenols is 1. The zero-order valence-electron chi connectivity index (χ0n) is 23.4. The lowest BCUT2D eigenvalue weighted by Crippen LogP contribution is -2.54. The smallest absolute Gasteiger partial charge is 0.318 e. The Hall–Kier alpha value is -3.85. The van der Waals surface area contributed by atoms with Crippen LogP contribution in [-0.4, -0.2) is 89.2 Å². The number of phenolic OH excluding ortho intramolecular Hbond substituents is 1. The average Bonchev–Trinajstić information content (AvgIpc) is 3.38. The van der Waals surface area contributed by atoms with E-state index in [1.165, 1.54) is 12.5 Å². The molecule has 0 aliphatic carbocycles. The summed E-state index contributed by atoms with van der Waals surface area (Å²) in [5.41, 5.74) is 3.10. The number of ether oxygens (including phenoxy) is 1. The molecule has 1 amide bonds. The molecule has 2 atom stereocenters. The highest BCUT2D eigenvalue weighted by molar-refractivity contribution is 5.95. The van der Waals surface area contributed by atoms with Gasteiger partial charge in [0.25, 0.3) is 0 Å². The zero-order chi connectivity index (χ0) is 27.8. The number of hydrogen-bond donors (Lipinski definition) is 1. The van der Waals surface area contributed by atoms with Gasteiger partial charge in [0.2, 0.25) is 5.91 Å². The van der Waals surface area contributed by atoms with Crippen molar-refractivity contribution in [2.24, 2.45) is 0 Å². The minimum atomic E-state index is -0.0325. The van der Waals surface area contributed by atoms with Crippen LogP contribution in [0.15, 0.2) is 49.1 Å². The fourth-order valence-corrected chi connectivity index (χ4v) is 6.39. The number of anilines is 2. The van der Waals surface area contributed by atoms with E-state index in [1.54, 1.807) is 6.07 Å². The first-order valence-corrected chi connectivity index (χ1v) is 14.3. The highest BCUT2D eigenvalue weighted by Crippen LogP contribution is 2.37. The highest BCUT2D eigenvalue weighted by atomic mass is 16.5. The third-order valence-electron chi connectivity index (χ3n) is 8.65. The number of rotatable bonds is 6. The molecule has 0 saturated carbocycles. The van der Waals surface area contributed by atoms with Crippen molar-refractivity contribution < 1.29 is 14.6 Å². The summed E-state index contributed by atoms with van der Waals surface area (Å²) in [6.07, 6.45) is 4.46. The summed E-state index contributed by atoms with van der Waals surface area (Å²) in [7, 11) is 2.14. The van der Waals surface area contributed by atoms with Crippen molar-refractivity contribution in [2.75, 3.05) is 56.2 Å². The van der Waals surface area contributed by atoms with Crippen LogP contribution in [0.1, 0.15) is 31.0 Å². The van der Waals surface area contributed by atoms with Crippen LogP contribution in [0.5, 0.6) is 11.8 Å². The summed E-state index contributed by atoms with van der Waals surface area (Å²) in [4.78, 5) is 31.0. The largest absolute Gasteiger partial charge is 0.508 e. The Bertz CT molecular complexity index is 1430. The van der Waals surface area contributed by atoms with Crippen molar-refractivity contribution in [1.82, 2.24) is 19.8 Å². The van der Waals surface area contributed by atoms with Crippen LogP contribution in [0.25, 0.3) is 10.8 Å². The molecule has 0 radical (unpaired) electrons. The van der Waals surface area contributed by atoms with Gasteiger partial charge in [-0.25, -0.2) is 0 Å². The van der Waals surface area contributed by atoms with E-state index in [-0.39, 0.29) is 17.7 Å². The Balaban J connectivity index is 1.33. The molecule has 210 valence electrons. The molecular weight excluding hydrogens is 504 g/mol. The predicted octanol–water partition coefficient (Wildman–Crippen LogP) is 3.59. The second-order valence-electron chi connectivity index (χ2n) is 11.2. The zero-order valence-corrected chi connectivity index (χ0v) is 23.4. The molecule has 4 heterocycles. The number of amides is 1. The number of piperazine rings is 1. The van der Waals surface area contributed by atoms with E-state index < -0.39 is 0 Å². The molecule has 0 spiro atoms. The molecule has 9 heteroatoms. The van der Waals surface area contributed by atoms with Crippen molar-refractivity contribution in [1.29, 1.82) is 0 Å². The van der Waals surface area contributed by atoms with Crippen molar-refractivity contribution in [2.45, 2.75) is 44.8 Å². The minimum absolute atomic E-state index is 0.0325. The molecule has 1 N–H and O–H groups in total. The second-order valence-corrected chi connectivity index (χ2v) is 11.2. The molecule has 40 heavy (non-hydrogen) atoms. The first-order chi connectivity index (χ1) is 19.4. The average molecular weight is 543 g/mol. The minimum Gasteiger partial charge on any atom is -0.508 e. The molecule has 2 saturated heterocycles. The molecule has 2 unspecified atom stereocenters. The summed E-state index contributed by atoms with van der Waals surface area (Å²) in [6, 6.07) is 12.7. The van der Waals surface area contributed by atoms with Crippen molar-refractivity contribution in [3.8, 4) is 11.8 Å². The summed E-state index contributed by atoms with van der Waals surface area (Å²) >= 11 is 0. The number of aromatic nitrogens is 2. The Labute approximate surface area is 235 Å². The van der Waals surface area contributed by atoms with Gasteiger partial charge in [0, 0.05) is 61.0 Å². The Morgan fingerprint density at radius 2 is 2.02 bits per heavy atom. The third kappa shape index (κ3) is 5.06. The summed E-state index contributed by atoms with van der Waals surface area (Å²) in [5.74, 6) is 1.14. The molecule has 2 aromatic carbocycles. The highest BCUT2D eigenvalue weighted by Gasteiger charge is 2.32. The van der Waals surface area contributed by atoms with Crippen LogP contribution in [0.3, 0.4) is 0 Å². The quantitative estimate of drug-likeness (QED) is 0.473. The maximum Gasteiger partial charge on any atom is 0.318 e. The van der Waals surface area contributed by atoms with E-state index in [1.807, 2.05) is 29.2 Å². The van der Waals surface area contributed by atoms with Gasteiger partial charge in [-0.1, -0.05) is 30.8 Å². The van der Waals surface area contributed by atoms with Gasteiger partial charge in [-0.05, 0) is 57.3 Å². The number of aromatic hydroxyl groups is 1. The normalized spacial score (nSPS) is 21.5. The van der Waals surface area contributed by atoms with Crippen LogP contribution in [0.2, 0.25) is 0 Å². The number of likely N-dealkylation sites (tertiary alicyclic amines) is 1. The number of fused-ring (bicyclic) bond motifs is 2. The molecule has 2 fully saturated rings. The lowest BCUT2D eigenvalue weighted by Gasteiger charge is -2.42. The van der Waals surface area contributed by atoms with Gasteiger partial charge in [-0.2, -0.15) is 9.97 Å². The molecule has 9 nitrogen and oxygen atoms in total. The first kappa shape index (κ1) is 26.4. The van der Waals surface area contributed by atoms with Crippen molar-refractivity contribution in [3.05, 3.63) is 60.3 Å². The van der Waals surface area contributed by atoms with E-state index in [0.717, 1.165) is 59.5 Å². The molecular formula is C31H38N6O3. The number of carbonyl (C=O) groups excluding carboxylic acids is 1. The van der Waals surface area contributed by atoms with E-state index >= 15 is 0 Å². The Morgan fingerprint density at radius 3 is 2.80 bits per heavy atom. The van der Waals surface area contributed by atoms with Crippen LogP contribution in [0, 0.1) is 0 Å². The van der Waals surface area contributed by atoms with Gasteiger partial charge in [-0.15, -0.1) is 0 Å². The Morgan fingerprint density at radius 1 is 1.18 bits per heavy atom. The lowest BCUT2D eigenvalue weighted by molar-refractivity contribution is -0.126. The predicted molar refractivity (Wildman–Crippen MR) is 157 cm³/mol. The number of benzene rings is 2. The topological polar surface area (TPSA) is 85.3 Å². The molecule has 0 bridgehead atoms. The first-order valence-electron chi connectivity index (χ1n) is 14.3. The molecule has 3 aromatic rings. The van der Waals surface area contributed by atoms with Crippen molar-refractivity contribution >= 4 is 28.2 Å². The molecule has 3 aliphatic rings. The van der Waals surface area contributed by atoms with Gasteiger partial charge in [0.1, 0.15) is 18.2 Å². The maximum absolute atomic E-state index is 12.3. The van der Waals surface area contributed by atoms with E-state index in [4.69, 9.17) is 14.7 Å². The SMILES string of the molecule is C=CC(=O)N1CCN(c2nc(OCC3CCCN3C)nc3c2CCN(c2cc(O)cc4ccccc24)C3)C(C)C1. The number of likely N-dealkylation sites (N-methyl/N-ethyl adjacent to an activating group) is 1. The fraction of sp³-hybridized carbons (Fsp3) is 0.452. The van der Waals surface area contributed by atoms with Gasteiger partial charge in [0.15, 0.2) is 0 Å². The number of nitrogens with zero attached hydrogens (tertiary/aromatic N) is 6. The lowest BCUT2D eigenvalue weighted by atomic mass is 10.0. The van der Waals surface area contributed by atoms with E-state index in [9.17, 15) is 9.90 Å². The number of hydrogen-bond acceptors (Lipinski definition) is 8. The molecule has 6 rings (SSSR count). The fourth-order valence-electron chi connectivity index (χ4n) is 6.39. The van der Waals surface area contributed by atoms with Gasteiger partial charge in [-0.3, -0.25) is 4.79 Å². The third-order valence-corrected chi connectivity index (χ3v) is 8.65. The van der Waals surface area contributed by atoms with Crippen LogP contribution in [0.4, 0.5) is 11.5 Å². The monoisotopic (exact) mass is 542 g/mol. The van der Waals surface area contributed by atoms with Gasteiger partial charge in [0.05, 0.1) is 12.2 Å². The second kappa shape index (κ2) is 11.0. The molecule has 3 aliphatic heterocycles. The Kier molecular flexibility index (Phi) is 7.23. The van der Waals surface area contributed by atoms with Crippen LogP contribution >= 0.6 is 0 Å². The summed E-state index contributed by atoms with van der Waals surface area (Å²) in [5, 5.41) is 12.6.